The third kappa shape index (κ3) is 3.65. The van der Waals surface area contributed by atoms with E-state index in [4.69, 9.17) is 4.74 Å². The van der Waals surface area contributed by atoms with E-state index in [1.807, 2.05) is 0 Å². The Hall–Kier alpha value is -3.07. The second-order valence-corrected chi connectivity index (χ2v) is 7.25. The van der Waals surface area contributed by atoms with Gasteiger partial charge in [0, 0.05) is 10.9 Å². The Bertz CT molecular complexity index is 1140. The van der Waals surface area contributed by atoms with Crippen molar-refractivity contribution in [2.24, 2.45) is 0 Å². The van der Waals surface area contributed by atoms with Gasteiger partial charge in [-0.1, -0.05) is 42.5 Å². The molecule has 28 heavy (non-hydrogen) atoms. The summed E-state index contributed by atoms with van der Waals surface area (Å²) in [5.41, 5.74) is -5.81. The summed E-state index contributed by atoms with van der Waals surface area (Å²) in [5, 5.41) is 0.367. The third-order valence-corrected chi connectivity index (χ3v) is 4.89. The van der Waals surface area contributed by atoms with E-state index in [-0.39, 0.29) is 22.3 Å². The lowest BCUT2D eigenvalue weighted by molar-refractivity contribution is -0.0499. The third-order valence-electron chi connectivity index (χ3n) is 3.94. The summed E-state index contributed by atoms with van der Waals surface area (Å²) in [6.07, 6.45) is 0. The van der Waals surface area contributed by atoms with Gasteiger partial charge in [-0.25, -0.2) is 0 Å². The number of hydrogen-bond acceptors (Lipinski definition) is 5. The molecule has 3 aromatic carbocycles. The standard InChI is InChI=1S/C19H13F3O5S/c1-26-14-9-7-12-8-10-15(17(23)13-5-3-2-4-6-13)18(16(12)11-14)27-28(24,25)19(20,21)22/h2-11H,1H3. The second-order valence-electron chi connectivity index (χ2n) is 5.71. The Morgan fingerprint density at radius 1 is 0.964 bits per heavy atom. The number of fused-ring (bicyclic) bond motifs is 1. The molecule has 0 heterocycles. The lowest BCUT2D eigenvalue weighted by atomic mass is 9.98. The number of hydrogen-bond donors (Lipinski definition) is 0. The van der Waals surface area contributed by atoms with Gasteiger partial charge in [-0.3, -0.25) is 4.79 Å². The Balaban J connectivity index is 2.27. The molecule has 0 radical (unpaired) electrons. The average molecular weight is 410 g/mol. The van der Waals surface area contributed by atoms with Crippen molar-refractivity contribution in [3.05, 3.63) is 71.8 Å². The maximum absolute atomic E-state index is 12.9. The van der Waals surface area contributed by atoms with Gasteiger partial charge in [0.1, 0.15) is 5.75 Å². The number of alkyl halides is 3. The minimum atomic E-state index is -5.99. The maximum Gasteiger partial charge on any atom is 0.534 e. The topological polar surface area (TPSA) is 69.7 Å². The van der Waals surface area contributed by atoms with Crippen molar-refractivity contribution in [3.8, 4) is 11.5 Å². The lowest BCUT2D eigenvalue weighted by Gasteiger charge is -2.15. The summed E-state index contributed by atoms with van der Waals surface area (Å²) in [6, 6.07) is 14.8. The molecule has 0 unspecified atom stereocenters. The monoisotopic (exact) mass is 410 g/mol. The van der Waals surface area contributed by atoms with Gasteiger partial charge in [-0.15, -0.1) is 0 Å². The van der Waals surface area contributed by atoms with Crippen LogP contribution in [0.1, 0.15) is 15.9 Å². The number of rotatable bonds is 5. The van der Waals surface area contributed by atoms with Crippen molar-refractivity contribution in [2.75, 3.05) is 7.11 Å². The highest BCUT2D eigenvalue weighted by Crippen LogP contribution is 2.37. The molecule has 5 nitrogen and oxygen atoms in total. The van der Waals surface area contributed by atoms with Crippen LogP contribution in [0.2, 0.25) is 0 Å². The molecule has 0 saturated heterocycles. The van der Waals surface area contributed by atoms with Crippen LogP contribution < -0.4 is 8.92 Å². The molecule has 0 fully saturated rings. The van der Waals surface area contributed by atoms with Crippen molar-refractivity contribution in [2.45, 2.75) is 5.51 Å². The van der Waals surface area contributed by atoms with Crippen LogP contribution in [0, 0.1) is 0 Å². The van der Waals surface area contributed by atoms with Crippen LogP contribution >= 0.6 is 0 Å². The van der Waals surface area contributed by atoms with Crippen molar-refractivity contribution in [1.29, 1.82) is 0 Å². The van der Waals surface area contributed by atoms with Crippen molar-refractivity contribution < 1.29 is 35.3 Å². The fourth-order valence-electron chi connectivity index (χ4n) is 2.57. The molecular weight excluding hydrogens is 397 g/mol. The highest BCUT2D eigenvalue weighted by molar-refractivity contribution is 7.88. The predicted molar refractivity (Wildman–Crippen MR) is 96.0 cm³/mol. The number of carbonyl (C=O) groups is 1. The molecule has 0 amide bonds. The van der Waals surface area contributed by atoms with Crippen molar-refractivity contribution in [3.63, 3.8) is 0 Å². The van der Waals surface area contributed by atoms with Crippen LogP contribution in [-0.2, 0) is 10.1 Å². The normalized spacial score (nSPS) is 12.0. The van der Waals surface area contributed by atoms with Crippen LogP contribution in [0.15, 0.2) is 60.7 Å². The van der Waals surface area contributed by atoms with E-state index in [2.05, 4.69) is 4.18 Å². The number of methoxy groups -OCH3 is 1. The van der Waals surface area contributed by atoms with Gasteiger partial charge in [0.05, 0.1) is 12.7 Å². The summed E-state index contributed by atoms with van der Waals surface area (Å²) in [6.45, 7) is 0. The average Bonchev–Trinajstić information content (AvgIpc) is 2.67. The largest absolute Gasteiger partial charge is 0.534 e. The second kappa shape index (κ2) is 7.16. The zero-order valence-corrected chi connectivity index (χ0v) is 15.2. The Kier molecular flexibility index (Phi) is 5.03. The number of halogens is 3. The van der Waals surface area contributed by atoms with Gasteiger partial charge < -0.3 is 8.92 Å². The summed E-state index contributed by atoms with van der Waals surface area (Å²) < 4.78 is 71.4. The molecule has 0 N–H and O–H groups in total. The first kappa shape index (κ1) is 19.7. The quantitative estimate of drug-likeness (QED) is 0.356. The molecule has 0 aliphatic heterocycles. The zero-order valence-electron chi connectivity index (χ0n) is 14.4. The van der Waals surface area contributed by atoms with Gasteiger partial charge in [-0.05, 0) is 23.6 Å². The maximum atomic E-state index is 12.9. The van der Waals surface area contributed by atoms with Gasteiger partial charge >= 0.3 is 15.6 Å². The molecule has 9 heteroatoms. The van der Waals surface area contributed by atoms with Crippen molar-refractivity contribution in [1.82, 2.24) is 0 Å². The fraction of sp³-hybridized carbons (Fsp3) is 0.105. The molecule has 0 saturated carbocycles. The highest BCUT2D eigenvalue weighted by atomic mass is 32.2. The smallest absolute Gasteiger partial charge is 0.497 e. The van der Waals surface area contributed by atoms with Crippen LogP contribution in [0.3, 0.4) is 0 Å². The first-order chi connectivity index (χ1) is 13.1. The van der Waals surface area contributed by atoms with Gasteiger partial charge in [0.15, 0.2) is 11.5 Å². The van der Waals surface area contributed by atoms with E-state index in [0.717, 1.165) is 0 Å². The van der Waals surface area contributed by atoms with E-state index >= 15 is 0 Å². The molecule has 0 bridgehead atoms. The van der Waals surface area contributed by atoms with Gasteiger partial charge in [-0.2, -0.15) is 21.6 Å². The minimum Gasteiger partial charge on any atom is -0.497 e. The summed E-state index contributed by atoms with van der Waals surface area (Å²) in [5.74, 6) is -1.13. The predicted octanol–water partition coefficient (Wildman–Crippen LogP) is 4.31. The van der Waals surface area contributed by atoms with Crippen LogP contribution in [0.4, 0.5) is 13.2 Å². The minimum absolute atomic E-state index is 0.00560. The van der Waals surface area contributed by atoms with E-state index in [0.29, 0.717) is 5.39 Å². The SMILES string of the molecule is COc1ccc2ccc(C(=O)c3ccccc3)c(OS(=O)(=O)C(F)(F)F)c2c1. The van der Waals surface area contributed by atoms with Crippen LogP contribution in [-0.4, -0.2) is 26.8 Å². The van der Waals surface area contributed by atoms with Crippen molar-refractivity contribution >= 4 is 26.7 Å². The number of ketones is 1. The van der Waals surface area contributed by atoms with E-state index in [1.165, 1.54) is 43.5 Å². The number of ether oxygens (including phenoxy) is 1. The highest BCUT2D eigenvalue weighted by Gasteiger charge is 2.49. The molecule has 0 spiro atoms. The Labute approximate surface area is 158 Å². The lowest BCUT2D eigenvalue weighted by Crippen LogP contribution is -2.28. The van der Waals surface area contributed by atoms with E-state index < -0.39 is 27.2 Å². The molecule has 146 valence electrons. The molecule has 0 atom stereocenters. The van der Waals surface area contributed by atoms with E-state index in [9.17, 15) is 26.4 Å². The molecular formula is C19H13F3O5S. The Morgan fingerprint density at radius 2 is 1.61 bits per heavy atom. The fourth-order valence-corrected chi connectivity index (χ4v) is 3.06. The molecule has 0 aromatic heterocycles. The van der Waals surface area contributed by atoms with Crippen LogP contribution in [0.5, 0.6) is 11.5 Å². The summed E-state index contributed by atoms with van der Waals surface area (Å²) >= 11 is 0. The Morgan fingerprint density at radius 3 is 2.21 bits per heavy atom. The molecule has 0 aliphatic carbocycles. The first-order valence-electron chi connectivity index (χ1n) is 7.85. The number of carbonyl (C=O) groups excluding carboxylic acids is 1. The first-order valence-corrected chi connectivity index (χ1v) is 9.26. The van der Waals surface area contributed by atoms with Gasteiger partial charge in [0.25, 0.3) is 0 Å². The summed E-state index contributed by atoms with van der Waals surface area (Å²) in [7, 11) is -4.65. The van der Waals surface area contributed by atoms with E-state index in [1.54, 1.807) is 24.3 Å². The zero-order chi connectivity index (χ0) is 20.5. The molecule has 3 rings (SSSR count). The molecule has 3 aromatic rings. The number of benzene rings is 3. The van der Waals surface area contributed by atoms with Gasteiger partial charge in [0.2, 0.25) is 0 Å². The van der Waals surface area contributed by atoms with Crippen LogP contribution in [0.25, 0.3) is 10.8 Å². The summed E-state index contributed by atoms with van der Waals surface area (Å²) in [4.78, 5) is 12.8. The molecule has 0 aliphatic rings.